The van der Waals surface area contributed by atoms with Gasteiger partial charge in [0.1, 0.15) is 0 Å². The summed E-state index contributed by atoms with van der Waals surface area (Å²) in [6, 6.07) is 0. The molecule has 0 heterocycles. The Balaban J connectivity index is 3.06. The summed E-state index contributed by atoms with van der Waals surface area (Å²) >= 11 is 0. The van der Waals surface area contributed by atoms with Crippen molar-refractivity contribution in [2.45, 2.75) is 25.7 Å². The fourth-order valence-electron chi connectivity index (χ4n) is 1.15. The number of hydrogen-bond acceptors (Lipinski definition) is 3. The van der Waals surface area contributed by atoms with Crippen molar-refractivity contribution in [3.05, 3.63) is 0 Å². The Bertz CT molecular complexity index is 84.6. The summed E-state index contributed by atoms with van der Waals surface area (Å²) in [7, 11) is 1.95. The highest BCUT2D eigenvalue weighted by Crippen LogP contribution is 2.08. The van der Waals surface area contributed by atoms with E-state index in [0.717, 1.165) is 19.4 Å². The topological polar surface area (TPSA) is 52.5 Å². The quantitative estimate of drug-likeness (QED) is 0.467. The van der Waals surface area contributed by atoms with Crippen LogP contribution < -0.4 is 5.32 Å². The lowest BCUT2D eigenvalue weighted by atomic mass is 10.0. The van der Waals surface area contributed by atoms with E-state index in [0.29, 0.717) is 0 Å². The third-order valence-electron chi connectivity index (χ3n) is 2.06. The van der Waals surface area contributed by atoms with Crippen molar-refractivity contribution in [2.24, 2.45) is 5.92 Å². The van der Waals surface area contributed by atoms with E-state index < -0.39 is 0 Å². The molecular formula is C9H21NO2. The lowest BCUT2D eigenvalue weighted by Crippen LogP contribution is -2.11. The van der Waals surface area contributed by atoms with Crippen molar-refractivity contribution in [2.75, 3.05) is 26.8 Å². The van der Waals surface area contributed by atoms with Crippen molar-refractivity contribution in [3.8, 4) is 0 Å². The first-order chi connectivity index (χ1) is 5.85. The van der Waals surface area contributed by atoms with Crippen molar-refractivity contribution in [1.82, 2.24) is 5.32 Å². The summed E-state index contributed by atoms with van der Waals surface area (Å²) in [4.78, 5) is 0. The molecule has 0 amide bonds. The van der Waals surface area contributed by atoms with E-state index in [-0.39, 0.29) is 19.1 Å². The van der Waals surface area contributed by atoms with Crippen LogP contribution in [-0.2, 0) is 0 Å². The van der Waals surface area contributed by atoms with Gasteiger partial charge < -0.3 is 15.5 Å². The second-order valence-electron chi connectivity index (χ2n) is 3.18. The van der Waals surface area contributed by atoms with Crippen LogP contribution in [0, 0.1) is 5.92 Å². The largest absolute Gasteiger partial charge is 0.396 e. The maximum absolute atomic E-state index is 8.76. The van der Waals surface area contributed by atoms with Crippen LogP contribution in [0.5, 0.6) is 0 Å². The first kappa shape index (κ1) is 11.9. The molecule has 0 aliphatic rings. The lowest BCUT2D eigenvalue weighted by Gasteiger charge is -2.09. The molecule has 0 aromatic rings. The molecule has 0 aromatic heterocycles. The third-order valence-corrected chi connectivity index (χ3v) is 2.06. The molecule has 0 rings (SSSR count). The van der Waals surface area contributed by atoms with Crippen LogP contribution in [0.4, 0.5) is 0 Å². The summed E-state index contributed by atoms with van der Waals surface area (Å²) in [5.41, 5.74) is 0. The summed E-state index contributed by atoms with van der Waals surface area (Å²) in [5, 5.41) is 20.6. The van der Waals surface area contributed by atoms with E-state index in [9.17, 15) is 0 Å². The van der Waals surface area contributed by atoms with E-state index in [1.54, 1.807) is 0 Å². The van der Waals surface area contributed by atoms with E-state index in [4.69, 9.17) is 10.2 Å². The Kier molecular flexibility index (Phi) is 8.88. The molecule has 0 atom stereocenters. The molecule has 3 heteroatoms. The molecule has 0 unspecified atom stereocenters. The van der Waals surface area contributed by atoms with Crippen molar-refractivity contribution in [1.29, 1.82) is 0 Å². The molecular weight excluding hydrogens is 154 g/mol. The van der Waals surface area contributed by atoms with Gasteiger partial charge in [-0.1, -0.05) is 12.8 Å². The Hall–Kier alpha value is -0.120. The van der Waals surface area contributed by atoms with E-state index in [2.05, 4.69) is 5.32 Å². The fraction of sp³-hybridized carbons (Fsp3) is 1.00. The monoisotopic (exact) mass is 175 g/mol. The molecule has 0 saturated heterocycles. The molecule has 74 valence electrons. The Morgan fingerprint density at radius 1 is 1.08 bits per heavy atom. The van der Waals surface area contributed by atoms with Gasteiger partial charge in [0.25, 0.3) is 0 Å². The van der Waals surface area contributed by atoms with Crippen LogP contribution in [0.3, 0.4) is 0 Å². The number of rotatable bonds is 8. The smallest absolute Gasteiger partial charge is 0.0481 e. The van der Waals surface area contributed by atoms with Gasteiger partial charge in [0.05, 0.1) is 0 Å². The predicted molar refractivity (Wildman–Crippen MR) is 50.1 cm³/mol. The molecule has 3 N–H and O–H groups in total. The van der Waals surface area contributed by atoms with Crippen LogP contribution in [-0.4, -0.2) is 37.0 Å². The molecule has 0 spiro atoms. The minimum absolute atomic E-state index is 0.0968. The van der Waals surface area contributed by atoms with Gasteiger partial charge in [-0.2, -0.15) is 0 Å². The molecule has 0 bridgehead atoms. The average Bonchev–Trinajstić information content (AvgIpc) is 2.11. The third kappa shape index (κ3) is 6.58. The zero-order chi connectivity index (χ0) is 9.23. The predicted octanol–water partition coefficient (Wildman–Crippen LogP) is 0.367. The van der Waals surface area contributed by atoms with Gasteiger partial charge in [-0.05, 0) is 26.4 Å². The molecule has 0 aliphatic heterocycles. The second-order valence-corrected chi connectivity index (χ2v) is 3.18. The van der Waals surface area contributed by atoms with E-state index in [1.807, 2.05) is 7.05 Å². The molecule has 12 heavy (non-hydrogen) atoms. The summed E-state index contributed by atoms with van der Waals surface area (Å²) < 4.78 is 0. The summed E-state index contributed by atoms with van der Waals surface area (Å²) in [6.07, 6.45) is 4.40. The molecule has 0 saturated carbocycles. The number of hydrogen-bond donors (Lipinski definition) is 3. The first-order valence-corrected chi connectivity index (χ1v) is 4.71. The SMILES string of the molecule is CNCCCCCC(CO)CO. The van der Waals surface area contributed by atoms with Crippen LogP contribution in [0.25, 0.3) is 0 Å². The number of unbranched alkanes of at least 4 members (excludes halogenated alkanes) is 2. The summed E-state index contributed by atoms with van der Waals surface area (Å²) in [6.45, 7) is 1.29. The summed E-state index contributed by atoms with van der Waals surface area (Å²) in [5.74, 6) is 0.0968. The van der Waals surface area contributed by atoms with E-state index in [1.165, 1.54) is 12.8 Å². The van der Waals surface area contributed by atoms with Crippen molar-refractivity contribution in [3.63, 3.8) is 0 Å². The highest BCUT2D eigenvalue weighted by molar-refractivity contribution is 4.55. The zero-order valence-electron chi connectivity index (χ0n) is 7.92. The molecule has 0 aromatic carbocycles. The average molecular weight is 175 g/mol. The van der Waals surface area contributed by atoms with Gasteiger partial charge in [-0.25, -0.2) is 0 Å². The fourth-order valence-corrected chi connectivity index (χ4v) is 1.15. The van der Waals surface area contributed by atoms with Crippen LogP contribution in [0.15, 0.2) is 0 Å². The number of nitrogens with one attached hydrogen (secondary N) is 1. The minimum Gasteiger partial charge on any atom is -0.396 e. The molecule has 3 nitrogen and oxygen atoms in total. The second kappa shape index (κ2) is 8.97. The molecule has 0 radical (unpaired) electrons. The van der Waals surface area contributed by atoms with Crippen molar-refractivity contribution < 1.29 is 10.2 Å². The van der Waals surface area contributed by atoms with Crippen LogP contribution in [0.2, 0.25) is 0 Å². The van der Waals surface area contributed by atoms with Gasteiger partial charge in [-0.15, -0.1) is 0 Å². The van der Waals surface area contributed by atoms with Gasteiger partial charge in [0.15, 0.2) is 0 Å². The minimum atomic E-state index is 0.0968. The molecule has 0 fully saturated rings. The standard InChI is InChI=1S/C9H21NO2/c1-10-6-4-2-3-5-9(7-11)8-12/h9-12H,2-8H2,1H3. The highest BCUT2D eigenvalue weighted by Gasteiger charge is 2.03. The Labute approximate surface area is 74.8 Å². The van der Waals surface area contributed by atoms with Crippen LogP contribution >= 0.6 is 0 Å². The number of aliphatic hydroxyl groups excluding tert-OH is 2. The lowest BCUT2D eigenvalue weighted by molar-refractivity contribution is 0.141. The Morgan fingerprint density at radius 2 is 1.75 bits per heavy atom. The zero-order valence-corrected chi connectivity index (χ0v) is 7.92. The normalized spacial score (nSPS) is 11.0. The number of aliphatic hydroxyl groups is 2. The van der Waals surface area contributed by atoms with Gasteiger partial charge in [0.2, 0.25) is 0 Å². The first-order valence-electron chi connectivity index (χ1n) is 4.71. The van der Waals surface area contributed by atoms with Crippen LogP contribution in [0.1, 0.15) is 25.7 Å². The molecule has 0 aliphatic carbocycles. The van der Waals surface area contributed by atoms with Gasteiger partial charge in [-0.3, -0.25) is 0 Å². The van der Waals surface area contributed by atoms with Crippen molar-refractivity contribution >= 4 is 0 Å². The Morgan fingerprint density at radius 3 is 2.25 bits per heavy atom. The highest BCUT2D eigenvalue weighted by atomic mass is 16.3. The van der Waals surface area contributed by atoms with Gasteiger partial charge >= 0.3 is 0 Å². The van der Waals surface area contributed by atoms with E-state index >= 15 is 0 Å². The maximum Gasteiger partial charge on any atom is 0.0481 e. The van der Waals surface area contributed by atoms with Gasteiger partial charge in [0, 0.05) is 19.1 Å². The maximum atomic E-state index is 8.76.